The second kappa shape index (κ2) is 9.40. The summed E-state index contributed by atoms with van der Waals surface area (Å²) in [5.41, 5.74) is 5.86. The molecule has 2 aromatic heterocycles. The SMILES string of the molecule is CCCc1c(Cc2ccc(-c3ccccc3C#N)cc2)c(=O)n(-c2ccccc2)c2nc(C)nn12. The van der Waals surface area contributed by atoms with Gasteiger partial charge in [0.15, 0.2) is 0 Å². The van der Waals surface area contributed by atoms with E-state index in [1.807, 2.05) is 90.3 Å². The van der Waals surface area contributed by atoms with Crippen molar-refractivity contribution in [3.63, 3.8) is 0 Å². The van der Waals surface area contributed by atoms with Crippen LogP contribution in [0.3, 0.4) is 0 Å². The van der Waals surface area contributed by atoms with Gasteiger partial charge < -0.3 is 0 Å². The van der Waals surface area contributed by atoms with Crippen LogP contribution in [0.5, 0.6) is 0 Å². The summed E-state index contributed by atoms with van der Waals surface area (Å²) in [5, 5.41) is 14.1. The fourth-order valence-corrected chi connectivity index (χ4v) is 4.53. The lowest BCUT2D eigenvalue weighted by Crippen LogP contribution is -2.28. The van der Waals surface area contributed by atoms with Crippen LogP contribution in [0, 0.1) is 18.3 Å². The van der Waals surface area contributed by atoms with E-state index in [9.17, 15) is 10.1 Å². The second-order valence-corrected chi connectivity index (χ2v) is 8.55. The molecule has 5 aromatic rings. The quantitative estimate of drug-likeness (QED) is 0.347. The number of hydrogen-bond donors (Lipinski definition) is 0. The molecule has 0 amide bonds. The summed E-state index contributed by atoms with van der Waals surface area (Å²) in [7, 11) is 0. The first-order valence-electron chi connectivity index (χ1n) is 11.7. The maximum atomic E-state index is 13.9. The minimum absolute atomic E-state index is 0.0709. The lowest BCUT2D eigenvalue weighted by molar-refractivity contribution is 0.746. The van der Waals surface area contributed by atoms with Gasteiger partial charge >= 0.3 is 0 Å². The number of benzene rings is 3. The van der Waals surface area contributed by atoms with E-state index in [0.717, 1.165) is 46.5 Å². The molecule has 6 heteroatoms. The molecular formula is C29H25N5O. The molecule has 172 valence electrons. The molecule has 0 radical (unpaired) electrons. The summed E-state index contributed by atoms with van der Waals surface area (Å²) in [4.78, 5) is 18.5. The molecular weight excluding hydrogens is 434 g/mol. The third kappa shape index (κ3) is 4.13. The maximum Gasteiger partial charge on any atom is 0.263 e. The standard InChI is InChI=1S/C29H25N5O/c1-3-9-27-26(18-21-14-16-22(17-15-21)25-13-8-7-10-23(25)19-30)28(35)33(24-11-5-4-6-12-24)29-31-20(2)32-34(27)29/h4-8,10-17H,3,9,18H2,1-2H3. The van der Waals surface area contributed by atoms with Gasteiger partial charge in [-0.25, -0.2) is 9.08 Å². The molecule has 0 atom stereocenters. The molecule has 0 aliphatic rings. The highest BCUT2D eigenvalue weighted by atomic mass is 16.1. The smallest absolute Gasteiger partial charge is 0.263 e. The average Bonchev–Trinajstić information content (AvgIpc) is 3.28. The van der Waals surface area contributed by atoms with Gasteiger partial charge in [0.05, 0.1) is 23.0 Å². The zero-order chi connectivity index (χ0) is 24.4. The van der Waals surface area contributed by atoms with Crippen molar-refractivity contribution in [3.8, 4) is 22.9 Å². The Morgan fingerprint density at radius 2 is 1.66 bits per heavy atom. The predicted octanol–water partition coefficient (Wildman–Crippen LogP) is 5.27. The Hall–Kier alpha value is -4.50. The summed E-state index contributed by atoms with van der Waals surface area (Å²) in [6.07, 6.45) is 2.10. The van der Waals surface area contributed by atoms with Crippen LogP contribution in [-0.4, -0.2) is 19.2 Å². The Bertz CT molecular complexity index is 1610. The molecule has 6 nitrogen and oxygen atoms in total. The molecule has 5 rings (SSSR count). The first kappa shape index (κ1) is 22.3. The average molecular weight is 460 g/mol. The van der Waals surface area contributed by atoms with Crippen LogP contribution < -0.4 is 5.56 Å². The lowest BCUT2D eigenvalue weighted by Gasteiger charge is -2.15. The summed E-state index contributed by atoms with van der Waals surface area (Å²) in [6, 6.07) is 27.5. The Labute approximate surface area is 203 Å². The van der Waals surface area contributed by atoms with Gasteiger partial charge in [-0.15, -0.1) is 0 Å². The molecule has 2 heterocycles. The zero-order valence-electron chi connectivity index (χ0n) is 19.8. The monoisotopic (exact) mass is 459 g/mol. The van der Waals surface area contributed by atoms with E-state index in [4.69, 9.17) is 0 Å². The van der Waals surface area contributed by atoms with Crippen LogP contribution in [0.15, 0.2) is 83.7 Å². The van der Waals surface area contributed by atoms with Crippen LogP contribution in [-0.2, 0) is 12.8 Å². The molecule has 0 unspecified atom stereocenters. The molecule has 0 aliphatic carbocycles. The first-order valence-corrected chi connectivity index (χ1v) is 11.7. The van der Waals surface area contributed by atoms with E-state index >= 15 is 0 Å². The van der Waals surface area contributed by atoms with Crippen molar-refractivity contribution in [1.29, 1.82) is 5.26 Å². The van der Waals surface area contributed by atoms with Gasteiger partial charge in [0.1, 0.15) is 5.82 Å². The molecule has 0 N–H and O–H groups in total. The molecule has 3 aromatic carbocycles. The van der Waals surface area contributed by atoms with Gasteiger partial charge in [0.25, 0.3) is 5.56 Å². The summed E-state index contributed by atoms with van der Waals surface area (Å²) in [5.74, 6) is 1.17. The van der Waals surface area contributed by atoms with Crippen LogP contribution in [0.1, 0.15) is 41.6 Å². The number of para-hydroxylation sites is 1. The van der Waals surface area contributed by atoms with Gasteiger partial charge in [-0.1, -0.05) is 74.0 Å². The molecule has 0 aliphatic heterocycles. The Morgan fingerprint density at radius 3 is 2.37 bits per heavy atom. The highest BCUT2D eigenvalue weighted by Crippen LogP contribution is 2.25. The van der Waals surface area contributed by atoms with Crippen molar-refractivity contribution >= 4 is 5.78 Å². The van der Waals surface area contributed by atoms with Crippen molar-refractivity contribution in [1.82, 2.24) is 19.2 Å². The lowest BCUT2D eigenvalue weighted by atomic mass is 9.97. The second-order valence-electron chi connectivity index (χ2n) is 8.55. The Kier molecular flexibility index (Phi) is 5.99. The number of rotatable bonds is 6. The Balaban J connectivity index is 1.64. The molecule has 0 spiro atoms. The Morgan fingerprint density at radius 1 is 0.943 bits per heavy atom. The normalized spacial score (nSPS) is 11.0. The van der Waals surface area contributed by atoms with E-state index in [1.54, 1.807) is 4.57 Å². The number of nitrogens with zero attached hydrogens (tertiary/aromatic N) is 5. The van der Waals surface area contributed by atoms with Gasteiger partial charge in [-0.05, 0) is 48.2 Å². The van der Waals surface area contributed by atoms with Crippen LogP contribution in [0.25, 0.3) is 22.6 Å². The largest absolute Gasteiger partial charge is 0.268 e. The van der Waals surface area contributed by atoms with Crippen LogP contribution in [0.2, 0.25) is 0 Å². The molecule has 35 heavy (non-hydrogen) atoms. The minimum atomic E-state index is -0.0709. The van der Waals surface area contributed by atoms with Gasteiger partial charge in [0.2, 0.25) is 5.78 Å². The van der Waals surface area contributed by atoms with E-state index in [1.165, 1.54) is 0 Å². The van der Waals surface area contributed by atoms with E-state index in [0.29, 0.717) is 23.6 Å². The number of fused-ring (bicyclic) bond motifs is 1. The van der Waals surface area contributed by atoms with Crippen molar-refractivity contribution in [3.05, 3.63) is 117 Å². The third-order valence-corrected chi connectivity index (χ3v) is 6.16. The van der Waals surface area contributed by atoms with Crippen molar-refractivity contribution in [2.24, 2.45) is 0 Å². The van der Waals surface area contributed by atoms with Crippen molar-refractivity contribution in [2.75, 3.05) is 0 Å². The minimum Gasteiger partial charge on any atom is -0.268 e. The molecule has 0 saturated carbocycles. The molecule has 0 saturated heterocycles. The summed E-state index contributed by atoms with van der Waals surface area (Å²) >= 11 is 0. The van der Waals surface area contributed by atoms with Crippen LogP contribution in [0.4, 0.5) is 0 Å². The van der Waals surface area contributed by atoms with E-state index in [2.05, 4.69) is 23.1 Å². The van der Waals surface area contributed by atoms with E-state index < -0.39 is 0 Å². The zero-order valence-corrected chi connectivity index (χ0v) is 19.8. The predicted molar refractivity (Wildman–Crippen MR) is 137 cm³/mol. The maximum absolute atomic E-state index is 13.9. The van der Waals surface area contributed by atoms with Crippen molar-refractivity contribution < 1.29 is 0 Å². The highest BCUT2D eigenvalue weighted by Gasteiger charge is 2.20. The van der Waals surface area contributed by atoms with Gasteiger partial charge in [-0.2, -0.15) is 15.3 Å². The first-order chi connectivity index (χ1) is 17.1. The fourth-order valence-electron chi connectivity index (χ4n) is 4.53. The highest BCUT2D eigenvalue weighted by molar-refractivity contribution is 5.70. The third-order valence-electron chi connectivity index (χ3n) is 6.16. The van der Waals surface area contributed by atoms with Crippen LogP contribution >= 0.6 is 0 Å². The number of aryl methyl sites for hydroxylation is 2. The summed E-state index contributed by atoms with van der Waals surface area (Å²) in [6.45, 7) is 3.95. The van der Waals surface area contributed by atoms with Gasteiger partial charge in [0, 0.05) is 12.0 Å². The fraction of sp³-hybridized carbons (Fsp3) is 0.172. The van der Waals surface area contributed by atoms with E-state index in [-0.39, 0.29) is 5.56 Å². The topological polar surface area (TPSA) is 76.0 Å². The molecule has 0 bridgehead atoms. The van der Waals surface area contributed by atoms with Crippen molar-refractivity contribution in [2.45, 2.75) is 33.1 Å². The number of hydrogen-bond acceptors (Lipinski definition) is 4. The number of nitriles is 1. The molecule has 0 fully saturated rings. The summed E-state index contributed by atoms with van der Waals surface area (Å²) < 4.78 is 3.49. The van der Waals surface area contributed by atoms with Gasteiger partial charge in [-0.3, -0.25) is 4.79 Å². The number of aromatic nitrogens is 4.